The normalized spacial score (nSPS) is 19.0. The third-order valence-electron chi connectivity index (χ3n) is 6.10. The minimum absolute atomic E-state index is 0.134. The van der Waals surface area contributed by atoms with Crippen LogP contribution in [0.4, 0.5) is 0 Å². The lowest BCUT2D eigenvalue weighted by Gasteiger charge is -2.32. The molecule has 2 fully saturated rings. The Bertz CT molecular complexity index is 948. The first-order chi connectivity index (χ1) is 15.7. The Labute approximate surface area is 195 Å². The zero-order chi connectivity index (χ0) is 24.0. The molecule has 9 nitrogen and oxygen atoms in total. The number of nitrogens with zero attached hydrogens (tertiary/aromatic N) is 2. The maximum atomic E-state index is 12.7. The summed E-state index contributed by atoms with van der Waals surface area (Å²) in [6.07, 6.45) is 2.74. The number of ether oxygens (including phenoxy) is 2. The van der Waals surface area contributed by atoms with Crippen molar-refractivity contribution >= 4 is 27.9 Å². The molecule has 182 valence electrons. The van der Waals surface area contributed by atoms with Crippen LogP contribution in [0.25, 0.3) is 0 Å². The summed E-state index contributed by atoms with van der Waals surface area (Å²) in [6.45, 7) is 5.39. The van der Waals surface area contributed by atoms with Crippen LogP contribution < -0.4 is 0 Å². The van der Waals surface area contributed by atoms with E-state index in [9.17, 15) is 22.8 Å². The number of benzene rings is 1. The van der Waals surface area contributed by atoms with Gasteiger partial charge in [-0.2, -0.15) is 4.31 Å². The molecule has 3 rings (SSSR count). The van der Waals surface area contributed by atoms with Gasteiger partial charge in [-0.1, -0.05) is 6.42 Å². The molecule has 0 N–H and O–H groups in total. The standard InChI is InChI=1S/C23H32N2O7S/c1-3-31-22(27)19-11-15-24(16-12-19)21(26)17(2)32-23(28)18-7-9-20(10-8-18)33(29,30)25-13-5-4-6-14-25/h7-10,17,19H,3-6,11-16H2,1-2H3/t17-/m1/s1. The summed E-state index contributed by atoms with van der Waals surface area (Å²) in [7, 11) is -3.58. The SMILES string of the molecule is CCOC(=O)C1CCN(C(=O)[C@@H](C)OC(=O)c2ccc(S(=O)(=O)N3CCCCC3)cc2)CC1. The highest BCUT2D eigenvalue weighted by Crippen LogP contribution is 2.22. The number of amides is 1. The quantitative estimate of drug-likeness (QED) is 0.550. The molecule has 1 aromatic rings. The van der Waals surface area contributed by atoms with Crippen molar-refractivity contribution in [3.8, 4) is 0 Å². The molecular weight excluding hydrogens is 448 g/mol. The Balaban J connectivity index is 1.54. The van der Waals surface area contributed by atoms with E-state index in [-0.39, 0.29) is 28.3 Å². The van der Waals surface area contributed by atoms with Crippen molar-refractivity contribution in [1.29, 1.82) is 0 Å². The van der Waals surface area contributed by atoms with Gasteiger partial charge in [0.1, 0.15) is 0 Å². The minimum Gasteiger partial charge on any atom is -0.466 e. The summed E-state index contributed by atoms with van der Waals surface area (Å²) in [4.78, 5) is 38.8. The molecule has 2 aliphatic heterocycles. The molecule has 2 heterocycles. The Hall–Kier alpha value is -2.46. The second-order valence-electron chi connectivity index (χ2n) is 8.39. The van der Waals surface area contributed by atoms with Gasteiger partial charge in [-0.25, -0.2) is 13.2 Å². The molecule has 33 heavy (non-hydrogen) atoms. The molecule has 2 aliphatic rings. The molecule has 1 atom stereocenters. The lowest BCUT2D eigenvalue weighted by Crippen LogP contribution is -2.45. The number of hydrogen-bond acceptors (Lipinski definition) is 7. The van der Waals surface area contributed by atoms with E-state index in [2.05, 4.69) is 0 Å². The van der Waals surface area contributed by atoms with E-state index in [4.69, 9.17) is 9.47 Å². The topological polar surface area (TPSA) is 110 Å². The number of sulfonamides is 1. The van der Waals surface area contributed by atoms with Gasteiger partial charge in [0, 0.05) is 26.2 Å². The van der Waals surface area contributed by atoms with Crippen LogP contribution in [0.15, 0.2) is 29.2 Å². The predicted octanol–water partition coefficient (Wildman–Crippen LogP) is 2.21. The van der Waals surface area contributed by atoms with E-state index in [1.165, 1.54) is 35.5 Å². The van der Waals surface area contributed by atoms with Crippen molar-refractivity contribution < 1.29 is 32.3 Å². The van der Waals surface area contributed by atoms with Gasteiger partial charge in [0.2, 0.25) is 10.0 Å². The summed E-state index contributed by atoms with van der Waals surface area (Å²) < 4.78 is 37.3. The molecule has 0 bridgehead atoms. The molecular formula is C23H32N2O7S. The summed E-state index contributed by atoms with van der Waals surface area (Å²) >= 11 is 0. The Kier molecular flexibility index (Phi) is 8.47. The number of rotatable bonds is 7. The predicted molar refractivity (Wildman–Crippen MR) is 120 cm³/mol. The van der Waals surface area contributed by atoms with Crippen molar-refractivity contribution in [2.24, 2.45) is 5.92 Å². The van der Waals surface area contributed by atoms with Gasteiger partial charge in [0.25, 0.3) is 5.91 Å². The highest BCUT2D eigenvalue weighted by molar-refractivity contribution is 7.89. The fraction of sp³-hybridized carbons (Fsp3) is 0.609. The first-order valence-corrected chi connectivity index (χ1v) is 12.9. The Morgan fingerprint density at radius 2 is 1.61 bits per heavy atom. The molecule has 10 heteroatoms. The summed E-state index contributed by atoms with van der Waals surface area (Å²) in [5.74, 6) is -1.48. The molecule has 0 spiro atoms. The maximum absolute atomic E-state index is 12.7. The first-order valence-electron chi connectivity index (χ1n) is 11.5. The highest BCUT2D eigenvalue weighted by atomic mass is 32.2. The van der Waals surface area contributed by atoms with Gasteiger partial charge in [0.15, 0.2) is 6.10 Å². The van der Waals surface area contributed by atoms with Crippen LogP contribution in [0.2, 0.25) is 0 Å². The van der Waals surface area contributed by atoms with Crippen molar-refractivity contribution in [2.45, 2.75) is 57.0 Å². The van der Waals surface area contributed by atoms with Crippen LogP contribution in [0.1, 0.15) is 56.3 Å². The van der Waals surface area contributed by atoms with Crippen molar-refractivity contribution in [3.63, 3.8) is 0 Å². The lowest BCUT2D eigenvalue weighted by atomic mass is 9.97. The molecule has 1 amide bonds. The van der Waals surface area contributed by atoms with E-state index in [1.54, 1.807) is 11.8 Å². The fourth-order valence-corrected chi connectivity index (χ4v) is 5.67. The fourth-order valence-electron chi connectivity index (χ4n) is 4.15. The maximum Gasteiger partial charge on any atom is 0.338 e. The number of hydrogen-bond donors (Lipinski definition) is 0. The number of esters is 2. The zero-order valence-electron chi connectivity index (χ0n) is 19.2. The van der Waals surface area contributed by atoms with Gasteiger partial charge < -0.3 is 14.4 Å². The van der Waals surface area contributed by atoms with Crippen LogP contribution in [0.3, 0.4) is 0 Å². The molecule has 0 radical (unpaired) electrons. The van der Waals surface area contributed by atoms with Gasteiger partial charge in [-0.15, -0.1) is 0 Å². The largest absolute Gasteiger partial charge is 0.466 e. The van der Waals surface area contributed by atoms with E-state index < -0.39 is 22.1 Å². The molecule has 0 aliphatic carbocycles. The summed E-state index contributed by atoms with van der Waals surface area (Å²) in [6, 6.07) is 5.60. The van der Waals surface area contributed by atoms with Gasteiger partial charge in [-0.05, 0) is 63.8 Å². The first kappa shape index (κ1) is 25.2. The lowest BCUT2D eigenvalue weighted by molar-refractivity contribution is -0.152. The molecule has 0 saturated carbocycles. The van der Waals surface area contributed by atoms with E-state index >= 15 is 0 Å². The average molecular weight is 481 g/mol. The smallest absolute Gasteiger partial charge is 0.338 e. The van der Waals surface area contributed by atoms with Gasteiger partial charge in [-0.3, -0.25) is 9.59 Å². The van der Waals surface area contributed by atoms with Crippen molar-refractivity contribution in [3.05, 3.63) is 29.8 Å². The van der Waals surface area contributed by atoms with Crippen molar-refractivity contribution in [1.82, 2.24) is 9.21 Å². The molecule has 2 saturated heterocycles. The van der Waals surface area contributed by atoms with Gasteiger partial charge in [0.05, 0.1) is 23.0 Å². The van der Waals surface area contributed by atoms with Crippen LogP contribution in [0.5, 0.6) is 0 Å². The van der Waals surface area contributed by atoms with Crippen LogP contribution in [0, 0.1) is 5.92 Å². The van der Waals surface area contributed by atoms with Crippen molar-refractivity contribution in [2.75, 3.05) is 32.8 Å². The average Bonchev–Trinajstić information content (AvgIpc) is 2.84. The van der Waals surface area contributed by atoms with Gasteiger partial charge >= 0.3 is 11.9 Å². The van der Waals surface area contributed by atoms with Crippen LogP contribution in [-0.2, 0) is 29.1 Å². The zero-order valence-corrected chi connectivity index (χ0v) is 20.0. The number of carbonyl (C=O) groups excluding carboxylic acids is 3. The van der Waals surface area contributed by atoms with E-state index in [0.717, 1.165) is 19.3 Å². The van der Waals surface area contributed by atoms with E-state index in [0.29, 0.717) is 45.6 Å². The summed E-state index contributed by atoms with van der Waals surface area (Å²) in [5, 5.41) is 0. The van der Waals surface area contributed by atoms with E-state index in [1.807, 2.05) is 0 Å². The number of piperidine rings is 2. The minimum atomic E-state index is -3.58. The second-order valence-corrected chi connectivity index (χ2v) is 10.3. The molecule has 0 unspecified atom stereocenters. The highest BCUT2D eigenvalue weighted by Gasteiger charge is 2.32. The monoisotopic (exact) mass is 480 g/mol. The third-order valence-corrected chi connectivity index (χ3v) is 8.01. The van der Waals surface area contributed by atoms with Crippen LogP contribution in [-0.4, -0.2) is 74.4 Å². The Morgan fingerprint density at radius 3 is 2.18 bits per heavy atom. The summed E-state index contributed by atoms with van der Waals surface area (Å²) in [5.41, 5.74) is 0.174. The third kappa shape index (κ3) is 6.11. The second kappa shape index (κ2) is 11.1. The molecule has 0 aromatic heterocycles. The molecule has 1 aromatic carbocycles. The van der Waals surface area contributed by atoms with Crippen LogP contribution >= 0.6 is 0 Å². The number of likely N-dealkylation sites (tertiary alicyclic amines) is 1. The Morgan fingerprint density at radius 1 is 1.00 bits per heavy atom. The number of carbonyl (C=O) groups is 3.